The van der Waals surface area contributed by atoms with E-state index in [1.165, 1.54) is 0 Å². The van der Waals surface area contributed by atoms with Crippen molar-refractivity contribution in [2.24, 2.45) is 0 Å². The normalized spacial score (nSPS) is 10.8. The first kappa shape index (κ1) is 10.7. The summed E-state index contributed by atoms with van der Waals surface area (Å²) >= 11 is 0. The average Bonchev–Trinajstić information content (AvgIpc) is 2.65. The maximum atomic E-state index is 10.6. The lowest BCUT2D eigenvalue weighted by Gasteiger charge is -1.95. The lowest BCUT2D eigenvalue weighted by Crippen LogP contribution is -2.00. The highest BCUT2D eigenvalue weighted by Gasteiger charge is 2.09. The van der Waals surface area contributed by atoms with Crippen molar-refractivity contribution in [3.8, 4) is 0 Å². The number of hydrogen-bond acceptors (Lipinski definition) is 2. The van der Waals surface area contributed by atoms with Gasteiger partial charge in [-0.3, -0.25) is 9.48 Å². The van der Waals surface area contributed by atoms with Gasteiger partial charge in [0.25, 0.3) is 0 Å². The van der Waals surface area contributed by atoms with Crippen LogP contribution in [-0.2, 0) is 17.8 Å². The summed E-state index contributed by atoms with van der Waals surface area (Å²) in [6.45, 7) is 2.83. The van der Waals surface area contributed by atoms with Crippen molar-refractivity contribution in [1.29, 1.82) is 0 Å². The zero-order valence-electron chi connectivity index (χ0n) is 9.18. The van der Waals surface area contributed by atoms with E-state index in [4.69, 9.17) is 5.11 Å². The van der Waals surface area contributed by atoms with Gasteiger partial charge >= 0.3 is 5.97 Å². The highest BCUT2D eigenvalue weighted by atomic mass is 16.4. The van der Waals surface area contributed by atoms with Crippen molar-refractivity contribution < 1.29 is 9.90 Å². The molecule has 4 heteroatoms. The van der Waals surface area contributed by atoms with Crippen molar-refractivity contribution in [3.63, 3.8) is 0 Å². The standard InChI is InChI=1S/C12H14N2O2/c1-2-14-11-6-4-3-5-9(11)10(13-14)7-8-12(15)16/h3-6H,2,7-8H2,1H3,(H,15,16). The minimum absolute atomic E-state index is 0.130. The molecule has 84 valence electrons. The maximum absolute atomic E-state index is 10.6. The van der Waals surface area contributed by atoms with Crippen LogP contribution in [0.4, 0.5) is 0 Å². The molecule has 2 aromatic rings. The first-order valence-corrected chi connectivity index (χ1v) is 5.38. The predicted molar refractivity (Wildman–Crippen MR) is 61.4 cm³/mol. The predicted octanol–water partition coefficient (Wildman–Crippen LogP) is 2.07. The van der Waals surface area contributed by atoms with Crippen LogP contribution in [0.1, 0.15) is 19.0 Å². The largest absolute Gasteiger partial charge is 0.481 e. The molecule has 0 bridgehead atoms. The molecule has 0 saturated carbocycles. The van der Waals surface area contributed by atoms with Crippen molar-refractivity contribution in [2.75, 3.05) is 0 Å². The van der Waals surface area contributed by atoms with E-state index in [9.17, 15) is 4.79 Å². The molecule has 0 aliphatic rings. The fourth-order valence-corrected chi connectivity index (χ4v) is 1.85. The van der Waals surface area contributed by atoms with E-state index in [-0.39, 0.29) is 6.42 Å². The molecule has 0 radical (unpaired) electrons. The number of carbonyl (C=O) groups is 1. The van der Waals surface area contributed by atoms with Gasteiger partial charge in [0.1, 0.15) is 0 Å². The van der Waals surface area contributed by atoms with Crippen LogP contribution < -0.4 is 0 Å². The van der Waals surface area contributed by atoms with Crippen LogP contribution >= 0.6 is 0 Å². The van der Waals surface area contributed by atoms with Gasteiger partial charge in [0.2, 0.25) is 0 Å². The van der Waals surface area contributed by atoms with E-state index in [0.717, 1.165) is 23.1 Å². The Morgan fingerprint density at radius 2 is 2.19 bits per heavy atom. The van der Waals surface area contributed by atoms with Crippen LogP contribution in [0, 0.1) is 0 Å². The Kier molecular flexibility index (Phi) is 2.90. The van der Waals surface area contributed by atoms with Gasteiger partial charge in [-0.25, -0.2) is 0 Å². The van der Waals surface area contributed by atoms with E-state index in [2.05, 4.69) is 5.10 Å². The summed E-state index contributed by atoms with van der Waals surface area (Å²) in [5, 5.41) is 14.2. The highest BCUT2D eigenvalue weighted by Crippen LogP contribution is 2.19. The summed E-state index contributed by atoms with van der Waals surface area (Å²) in [4.78, 5) is 10.6. The molecular weight excluding hydrogens is 204 g/mol. The van der Waals surface area contributed by atoms with Crippen LogP contribution in [0.15, 0.2) is 24.3 Å². The zero-order chi connectivity index (χ0) is 11.5. The number of aliphatic carboxylic acids is 1. The van der Waals surface area contributed by atoms with Gasteiger partial charge in [-0.05, 0) is 13.0 Å². The number of hydrogen-bond donors (Lipinski definition) is 1. The number of para-hydroxylation sites is 1. The molecule has 0 spiro atoms. The molecular formula is C12H14N2O2. The van der Waals surface area contributed by atoms with Gasteiger partial charge in [-0.15, -0.1) is 0 Å². The van der Waals surface area contributed by atoms with Gasteiger partial charge in [-0.2, -0.15) is 5.10 Å². The number of benzene rings is 1. The Hall–Kier alpha value is -1.84. The van der Waals surface area contributed by atoms with E-state index >= 15 is 0 Å². The molecule has 1 aromatic heterocycles. The Bertz CT molecular complexity index is 517. The molecule has 1 N–H and O–H groups in total. The summed E-state index contributed by atoms with van der Waals surface area (Å²) in [6.07, 6.45) is 0.619. The van der Waals surface area contributed by atoms with Crippen LogP contribution in [0.3, 0.4) is 0 Å². The average molecular weight is 218 g/mol. The lowest BCUT2D eigenvalue weighted by atomic mass is 10.1. The number of aromatic nitrogens is 2. The van der Waals surface area contributed by atoms with Crippen molar-refractivity contribution in [2.45, 2.75) is 26.3 Å². The third-order valence-corrected chi connectivity index (χ3v) is 2.61. The monoisotopic (exact) mass is 218 g/mol. The van der Waals surface area contributed by atoms with Crippen molar-refractivity contribution >= 4 is 16.9 Å². The highest BCUT2D eigenvalue weighted by molar-refractivity contribution is 5.82. The topological polar surface area (TPSA) is 55.1 Å². The minimum atomic E-state index is -0.782. The molecule has 4 nitrogen and oxygen atoms in total. The third kappa shape index (κ3) is 1.91. The van der Waals surface area contributed by atoms with Gasteiger partial charge in [0, 0.05) is 18.4 Å². The third-order valence-electron chi connectivity index (χ3n) is 2.61. The number of carboxylic acids is 1. The van der Waals surface area contributed by atoms with Crippen molar-refractivity contribution in [1.82, 2.24) is 9.78 Å². The van der Waals surface area contributed by atoms with Crippen LogP contribution in [-0.4, -0.2) is 20.9 Å². The number of carboxylic acid groups (broad SMARTS) is 1. The minimum Gasteiger partial charge on any atom is -0.481 e. The molecule has 16 heavy (non-hydrogen) atoms. The molecule has 0 saturated heterocycles. The zero-order valence-corrected chi connectivity index (χ0v) is 9.18. The molecule has 0 aliphatic carbocycles. The second kappa shape index (κ2) is 4.35. The molecule has 0 amide bonds. The number of nitrogens with zero attached hydrogens (tertiary/aromatic N) is 2. The maximum Gasteiger partial charge on any atom is 0.303 e. The molecule has 1 heterocycles. The molecule has 0 atom stereocenters. The van der Waals surface area contributed by atoms with Crippen LogP contribution in [0.25, 0.3) is 10.9 Å². The second-order valence-corrected chi connectivity index (χ2v) is 3.67. The van der Waals surface area contributed by atoms with Gasteiger partial charge in [0.05, 0.1) is 17.6 Å². The number of aryl methyl sites for hydroxylation is 2. The van der Waals surface area contributed by atoms with Gasteiger partial charge in [-0.1, -0.05) is 18.2 Å². The molecule has 2 rings (SSSR count). The molecule has 0 unspecified atom stereocenters. The summed E-state index contributed by atoms with van der Waals surface area (Å²) in [5.41, 5.74) is 1.95. The lowest BCUT2D eigenvalue weighted by molar-refractivity contribution is -0.136. The SMILES string of the molecule is CCn1nc(CCC(=O)O)c2ccccc21. The second-order valence-electron chi connectivity index (χ2n) is 3.67. The van der Waals surface area contributed by atoms with Crippen LogP contribution in [0.2, 0.25) is 0 Å². The number of fused-ring (bicyclic) bond motifs is 1. The van der Waals surface area contributed by atoms with E-state index < -0.39 is 5.97 Å². The van der Waals surface area contributed by atoms with E-state index in [0.29, 0.717) is 6.42 Å². The summed E-state index contributed by atoms with van der Waals surface area (Å²) in [7, 11) is 0. The first-order chi connectivity index (χ1) is 7.72. The van der Waals surface area contributed by atoms with E-state index in [1.807, 2.05) is 35.9 Å². The van der Waals surface area contributed by atoms with Gasteiger partial charge < -0.3 is 5.11 Å². The fraction of sp³-hybridized carbons (Fsp3) is 0.333. The Morgan fingerprint density at radius 3 is 2.88 bits per heavy atom. The quantitative estimate of drug-likeness (QED) is 0.854. The summed E-state index contributed by atoms with van der Waals surface area (Å²) in [6, 6.07) is 7.92. The Morgan fingerprint density at radius 1 is 1.44 bits per heavy atom. The van der Waals surface area contributed by atoms with Gasteiger partial charge in [0.15, 0.2) is 0 Å². The van der Waals surface area contributed by atoms with Crippen molar-refractivity contribution in [3.05, 3.63) is 30.0 Å². The smallest absolute Gasteiger partial charge is 0.303 e. The van der Waals surface area contributed by atoms with E-state index in [1.54, 1.807) is 0 Å². The summed E-state index contributed by atoms with van der Waals surface area (Å²) in [5.74, 6) is -0.782. The Balaban J connectivity index is 2.41. The fourth-order valence-electron chi connectivity index (χ4n) is 1.85. The van der Waals surface area contributed by atoms with Crippen LogP contribution in [0.5, 0.6) is 0 Å². The number of rotatable bonds is 4. The molecule has 0 aliphatic heterocycles. The molecule has 0 fully saturated rings. The Labute approximate surface area is 93.5 Å². The summed E-state index contributed by atoms with van der Waals surface area (Å²) < 4.78 is 1.91. The molecule has 1 aromatic carbocycles. The first-order valence-electron chi connectivity index (χ1n) is 5.38.